The summed E-state index contributed by atoms with van der Waals surface area (Å²) >= 11 is 0. The summed E-state index contributed by atoms with van der Waals surface area (Å²) in [5, 5.41) is 3.11. The highest BCUT2D eigenvalue weighted by Crippen LogP contribution is 2.06. The van der Waals surface area contributed by atoms with Crippen molar-refractivity contribution in [2.24, 2.45) is 0 Å². The molecular weight excluding hydrogens is 200 g/mol. The Morgan fingerprint density at radius 1 is 1.38 bits per heavy atom. The van der Waals surface area contributed by atoms with Crippen LogP contribution in [0.2, 0.25) is 0 Å². The summed E-state index contributed by atoms with van der Waals surface area (Å²) in [7, 11) is 1.92. The van der Waals surface area contributed by atoms with Crippen LogP contribution in [-0.4, -0.2) is 21.6 Å². The summed E-state index contributed by atoms with van der Waals surface area (Å²) in [6, 6.07) is 2.15. The number of hydrogen-bond donors (Lipinski definition) is 1. The third-order valence-electron chi connectivity index (χ3n) is 2.42. The van der Waals surface area contributed by atoms with Gasteiger partial charge >= 0.3 is 0 Å². The van der Waals surface area contributed by atoms with Crippen molar-refractivity contribution in [1.29, 1.82) is 0 Å². The fraction of sp³-hybridized carbons (Fsp3) is 0.333. The lowest BCUT2D eigenvalue weighted by Crippen LogP contribution is -2.12. The number of imidazole rings is 1. The van der Waals surface area contributed by atoms with E-state index in [-0.39, 0.29) is 0 Å². The molecule has 4 heteroatoms. The number of nitrogens with one attached hydrogen (secondary N) is 1. The Bertz CT molecular complexity index is 462. The van der Waals surface area contributed by atoms with Crippen LogP contribution in [0.4, 0.5) is 0 Å². The first-order valence-electron chi connectivity index (χ1n) is 5.34. The number of pyridine rings is 1. The number of hydrogen-bond acceptors (Lipinski definition) is 3. The normalized spacial score (nSPS) is 10.6. The molecule has 2 rings (SSSR count). The Kier molecular flexibility index (Phi) is 3.31. The lowest BCUT2D eigenvalue weighted by molar-refractivity contribution is 0.672. The summed E-state index contributed by atoms with van der Waals surface area (Å²) in [6.45, 7) is 3.66. The minimum absolute atomic E-state index is 0.784. The minimum Gasteiger partial charge on any atom is -0.329 e. The van der Waals surface area contributed by atoms with E-state index in [0.717, 1.165) is 18.9 Å². The van der Waals surface area contributed by atoms with E-state index in [0.29, 0.717) is 0 Å². The highest BCUT2D eigenvalue weighted by atomic mass is 15.1. The average Bonchev–Trinajstić information content (AvgIpc) is 2.66. The minimum atomic E-state index is 0.784. The van der Waals surface area contributed by atoms with Crippen molar-refractivity contribution >= 4 is 0 Å². The van der Waals surface area contributed by atoms with Gasteiger partial charge in [-0.3, -0.25) is 4.98 Å². The van der Waals surface area contributed by atoms with Crippen LogP contribution in [0.1, 0.15) is 17.0 Å². The number of aromatic nitrogens is 3. The predicted octanol–water partition coefficient (Wildman–Crippen LogP) is 1.35. The molecule has 2 aromatic heterocycles. The smallest absolute Gasteiger partial charge is 0.122 e. The molecular formula is C12H16N4. The first kappa shape index (κ1) is 10.8. The number of rotatable bonds is 4. The van der Waals surface area contributed by atoms with Crippen LogP contribution in [0.15, 0.2) is 30.9 Å². The zero-order chi connectivity index (χ0) is 11.4. The monoisotopic (exact) mass is 216 g/mol. The van der Waals surface area contributed by atoms with E-state index < -0.39 is 0 Å². The highest BCUT2D eigenvalue weighted by Gasteiger charge is 2.02. The fourth-order valence-corrected chi connectivity index (χ4v) is 1.71. The van der Waals surface area contributed by atoms with E-state index in [2.05, 4.69) is 32.8 Å². The molecule has 0 radical (unpaired) electrons. The van der Waals surface area contributed by atoms with E-state index in [9.17, 15) is 0 Å². The Balaban J connectivity index is 2.17. The summed E-state index contributed by atoms with van der Waals surface area (Å²) in [4.78, 5) is 8.50. The third-order valence-corrected chi connectivity index (χ3v) is 2.42. The van der Waals surface area contributed by atoms with E-state index >= 15 is 0 Å². The van der Waals surface area contributed by atoms with Crippen LogP contribution in [0, 0.1) is 6.92 Å². The summed E-state index contributed by atoms with van der Waals surface area (Å²) in [5.41, 5.74) is 2.39. The molecule has 0 saturated heterocycles. The van der Waals surface area contributed by atoms with Crippen LogP contribution < -0.4 is 5.32 Å². The maximum Gasteiger partial charge on any atom is 0.122 e. The summed E-state index contributed by atoms with van der Waals surface area (Å²) < 4.78 is 2.13. The Morgan fingerprint density at radius 2 is 2.25 bits per heavy atom. The molecule has 0 spiro atoms. The van der Waals surface area contributed by atoms with Crippen LogP contribution in [0.25, 0.3) is 0 Å². The Labute approximate surface area is 95.4 Å². The molecule has 2 aromatic rings. The first-order valence-corrected chi connectivity index (χ1v) is 5.34. The van der Waals surface area contributed by atoms with Gasteiger partial charge in [0, 0.05) is 24.8 Å². The molecule has 16 heavy (non-hydrogen) atoms. The van der Waals surface area contributed by atoms with E-state index in [4.69, 9.17) is 0 Å². The molecule has 0 aliphatic heterocycles. The lowest BCUT2D eigenvalue weighted by atomic mass is 10.2. The average molecular weight is 216 g/mol. The molecule has 0 amide bonds. The maximum absolute atomic E-state index is 4.30. The van der Waals surface area contributed by atoms with Gasteiger partial charge in [-0.15, -0.1) is 0 Å². The Morgan fingerprint density at radius 3 is 3.00 bits per heavy atom. The SMILES string of the molecule is CNCc1nccn1Cc1cncc(C)c1. The standard InChI is InChI=1S/C12H16N4/c1-10-5-11(7-14-6-10)9-16-4-3-15-12(16)8-13-2/h3-7,13H,8-9H2,1-2H3. The van der Waals surface area contributed by atoms with Gasteiger partial charge in [-0.25, -0.2) is 4.98 Å². The molecule has 0 aliphatic carbocycles. The maximum atomic E-state index is 4.30. The lowest BCUT2D eigenvalue weighted by Gasteiger charge is -2.07. The molecule has 0 fully saturated rings. The van der Waals surface area contributed by atoms with Gasteiger partial charge in [-0.1, -0.05) is 6.07 Å². The molecule has 0 aliphatic rings. The fourth-order valence-electron chi connectivity index (χ4n) is 1.71. The van der Waals surface area contributed by atoms with Gasteiger partial charge in [0.25, 0.3) is 0 Å². The van der Waals surface area contributed by atoms with Crippen LogP contribution >= 0.6 is 0 Å². The van der Waals surface area contributed by atoms with Crippen LogP contribution in [0.5, 0.6) is 0 Å². The van der Waals surface area contributed by atoms with Gasteiger partial charge in [0.15, 0.2) is 0 Å². The summed E-state index contributed by atoms with van der Waals surface area (Å²) in [5.74, 6) is 1.05. The van der Waals surface area contributed by atoms with Crippen molar-refractivity contribution in [3.05, 3.63) is 47.8 Å². The van der Waals surface area contributed by atoms with E-state index in [1.807, 2.05) is 31.8 Å². The molecule has 1 N–H and O–H groups in total. The molecule has 0 aromatic carbocycles. The van der Waals surface area contributed by atoms with Crippen molar-refractivity contribution in [3.8, 4) is 0 Å². The largest absolute Gasteiger partial charge is 0.329 e. The van der Waals surface area contributed by atoms with Crippen molar-refractivity contribution in [1.82, 2.24) is 19.9 Å². The van der Waals surface area contributed by atoms with Crippen molar-refractivity contribution in [2.45, 2.75) is 20.0 Å². The molecule has 2 heterocycles. The van der Waals surface area contributed by atoms with Gasteiger partial charge < -0.3 is 9.88 Å². The second-order valence-electron chi connectivity index (χ2n) is 3.87. The molecule has 0 atom stereocenters. The van der Waals surface area contributed by atoms with Gasteiger partial charge in [-0.05, 0) is 25.1 Å². The van der Waals surface area contributed by atoms with Gasteiger partial charge in [0.1, 0.15) is 5.82 Å². The quantitative estimate of drug-likeness (QED) is 0.839. The van der Waals surface area contributed by atoms with E-state index in [1.165, 1.54) is 11.1 Å². The van der Waals surface area contributed by atoms with E-state index in [1.54, 1.807) is 0 Å². The van der Waals surface area contributed by atoms with Crippen LogP contribution in [-0.2, 0) is 13.1 Å². The first-order chi connectivity index (χ1) is 7.79. The molecule has 0 saturated carbocycles. The number of nitrogens with zero attached hydrogens (tertiary/aromatic N) is 3. The second-order valence-corrected chi connectivity index (χ2v) is 3.87. The van der Waals surface area contributed by atoms with Gasteiger partial charge in [0.2, 0.25) is 0 Å². The van der Waals surface area contributed by atoms with Crippen molar-refractivity contribution < 1.29 is 0 Å². The topological polar surface area (TPSA) is 42.7 Å². The molecule has 0 unspecified atom stereocenters. The van der Waals surface area contributed by atoms with Gasteiger partial charge in [-0.2, -0.15) is 0 Å². The third kappa shape index (κ3) is 2.46. The second kappa shape index (κ2) is 4.90. The summed E-state index contributed by atoms with van der Waals surface area (Å²) in [6.07, 6.45) is 7.59. The predicted molar refractivity (Wildman–Crippen MR) is 63.1 cm³/mol. The zero-order valence-corrected chi connectivity index (χ0v) is 9.64. The van der Waals surface area contributed by atoms with Crippen LogP contribution in [0.3, 0.4) is 0 Å². The van der Waals surface area contributed by atoms with Crippen molar-refractivity contribution in [3.63, 3.8) is 0 Å². The highest BCUT2D eigenvalue weighted by molar-refractivity contribution is 5.17. The molecule has 0 bridgehead atoms. The zero-order valence-electron chi connectivity index (χ0n) is 9.64. The Hall–Kier alpha value is -1.68. The van der Waals surface area contributed by atoms with Crippen molar-refractivity contribution in [2.75, 3.05) is 7.05 Å². The van der Waals surface area contributed by atoms with Gasteiger partial charge in [0.05, 0.1) is 13.1 Å². The molecule has 84 valence electrons. The number of aryl methyl sites for hydroxylation is 1. The molecule has 4 nitrogen and oxygen atoms in total.